The van der Waals surface area contributed by atoms with Gasteiger partial charge in [0, 0.05) is 12.6 Å². The molecule has 1 atom stereocenters. The quantitative estimate of drug-likeness (QED) is 0.440. The fraction of sp³-hybridized carbons (Fsp3) is 0.261. The van der Waals surface area contributed by atoms with Crippen LogP contribution in [0.4, 0.5) is 25.0 Å². The summed E-state index contributed by atoms with van der Waals surface area (Å²) >= 11 is 6.01. The van der Waals surface area contributed by atoms with Crippen molar-refractivity contribution in [1.82, 2.24) is 15.1 Å². The first kappa shape index (κ1) is 27.1. The summed E-state index contributed by atoms with van der Waals surface area (Å²) in [6.07, 6.45) is -0.937. The number of aromatic nitrogens is 2. The summed E-state index contributed by atoms with van der Waals surface area (Å²) in [5, 5.41) is 8.87. The summed E-state index contributed by atoms with van der Waals surface area (Å²) in [7, 11) is -4.43. The van der Waals surface area contributed by atoms with Gasteiger partial charge < -0.3 is 14.8 Å². The maximum atomic E-state index is 13.7. The molecule has 0 saturated carbocycles. The summed E-state index contributed by atoms with van der Waals surface area (Å²) in [4.78, 5) is 23.4. The number of aryl methyl sites for hydroxylation is 1. The summed E-state index contributed by atoms with van der Waals surface area (Å²) in [6, 6.07) is 10.5. The van der Waals surface area contributed by atoms with E-state index < -0.39 is 33.7 Å². The summed E-state index contributed by atoms with van der Waals surface area (Å²) in [5.74, 6) is -0.108. The summed E-state index contributed by atoms with van der Waals surface area (Å²) < 4.78 is 66.0. The molecule has 2 amide bonds. The number of fused-ring (bicyclic) bond motifs is 1. The summed E-state index contributed by atoms with van der Waals surface area (Å²) in [5.41, 5.74) is 0.0584. The number of amides is 2. The zero-order valence-electron chi connectivity index (χ0n) is 20.0. The van der Waals surface area contributed by atoms with Crippen LogP contribution >= 0.6 is 11.6 Å². The number of alkyl halides is 2. The highest BCUT2D eigenvalue weighted by Gasteiger charge is 2.37. The topological polar surface area (TPSA) is 132 Å². The third kappa shape index (κ3) is 5.81. The second-order valence-corrected chi connectivity index (χ2v) is 10.4. The predicted octanol–water partition coefficient (Wildman–Crippen LogP) is 3.94. The van der Waals surface area contributed by atoms with E-state index in [1.54, 1.807) is 18.2 Å². The van der Waals surface area contributed by atoms with Crippen molar-refractivity contribution in [3.05, 3.63) is 59.4 Å². The van der Waals surface area contributed by atoms with Gasteiger partial charge in [0.05, 0.1) is 35.7 Å². The number of carbonyl (C=O) groups is 2. The van der Waals surface area contributed by atoms with E-state index in [9.17, 15) is 26.8 Å². The van der Waals surface area contributed by atoms with Crippen molar-refractivity contribution in [3.8, 4) is 11.5 Å². The number of sulfonamides is 1. The van der Waals surface area contributed by atoms with E-state index in [0.717, 1.165) is 10.5 Å². The molecule has 2 N–H and O–H groups in total. The van der Waals surface area contributed by atoms with Crippen LogP contribution in [-0.4, -0.2) is 49.4 Å². The maximum Gasteiger partial charge on any atom is 0.417 e. The highest BCUT2D eigenvalue weighted by Crippen LogP contribution is 2.39. The van der Waals surface area contributed by atoms with Crippen LogP contribution in [0.5, 0.6) is 11.5 Å². The van der Waals surface area contributed by atoms with Crippen LogP contribution < -0.4 is 24.4 Å². The molecule has 1 aliphatic rings. The number of hydrogen-bond acceptors (Lipinski definition) is 7. The van der Waals surface area contributed by atoms with Gasteiger partial charge in [0.1, 0.15) is 16.7 Å². The highest BCUT2D eigenvalue weighted by atomic mass is 35.5. The third-order valence-electron chi connectivity index (χ3n) is 5.39. The molecule has 0 bridgehead atoms. The molecule has 15 heteroatoms. The molecule has 0 unspecified atom stereocenters. The van der Waals surface area contributed by atoms with E-state index >= 15 is 0 Å². The van der Waals surface area contributed by atoms with Gasteiger partial charge in [-0.2, -0.15) is 13.9 Å². The molecule has 2 heterocycles. The number of anilines is 2. The Labute approximate surface area is 221 Å². The van der Waals surface area contributed by atoms with Crippen molar-refractivity contribution in [2.45, 2.75) is 31.4 Å². The average Bonchev–Trinajstić information content (AvgIpc) is 3.26. The monoisotopic (exact) mass is 569 g/mol. The first-order chi connectivity index (χ1) is 18.0. The van der Waals surface area contributed by atoms with Gasteiger partial charge in [0.25, 0.3) is 10.0 Å². The van der Waals surface area contributed by atoms with Crippen LogP contribution in [-0.2, 0) is 14.8 Å². The van der Waals surface area contributed by atoms with Gasteiger partial charge in [-0.3, -0.25) is 14.4 Å². The predicted molar refractivity (Wildman–Crippen MR) is 133 cm³/mol. The molecular formula is C23H22ClF2N5O6S. The number of ether oxygens (including phenoxy) is 2. The zero-order chi connectivity index (χ0) is 27.6. The Bertz CT molecular complexity index is 1480. The fourth-order valence-electron chi connectivity index (χ4n) is 3.69. The Morgan fingerprint density at radius 1 is 1.26 bits per heavy atom. The van der Waals surface area contributed by atoms with E-state index in [2.05, 4.69) is 15.7 Å². The van der Waals surface area contributed by atoms with Crippen molar-refractivity contribution in [2.75, 3.05) is 22.7 Å². The molecule has 0 radical (unpaired) electrons. The molecule has 4 rings (SSSR count). The van der Waals surface area contributed by atoms with Crippen molar-refractivity contribution in [1.29, 1.82) is 0 Å². The number of rotatable bonds is 7. The minimum absolute atomic E-state index is 0.0137. The van der Waals surface area contributed by atoms with Crippen LogP contribution in [0.3, 0.4) is 0 Å². The van der Waals surface area contributed by atoms with Gasteiger partial charge >= 0.3 is 12.6 Å². The number of benzene rings is 2. The largest absolute Gasteiger partial charge is 0.484 e. The molecule has 0 saturated heterocycles. The van der Waals surface area contributed by atoms with Gasteiger partial charge in [0.15, 0.2) is 5.75 Å². The van der Waals surface area contributed by atoms with Crippen molar-refractivity contribution in [3.63, 3.8) is 0 Å². The van der Waals surface area contributed by atoms with Crippen molar-refractivity contribution < 1.29 is 36.3 Å². The Kier molecular flexibility index (Phi) is 7.73. The Balaban J connectivity index is 1.67. The zero-order valence-corrected chi connectivity index (χ0v) is 21.6. The molecule has 2 aromatic carbocycles. The van der Waals surface area contributed by atoms with E-state index in [-0.39, 0.29) is 57.3 Å². The molecular weight excluding hydrogens is 548 g/mol. The highest BCUT2D eigenvalue weighted by molar-refractivity contribution is 7.92. The molecule has 0 spiro atoms. The molecule has 1 aromatic heterocycles. The first-order valence-corrected chi connectivity index (χ1v) is 12.9. The van der Waals surface area contributed by atoms with E-state index in [1.165, 1.54) is 38.1 Å². The van der Waals surface area contributed by atoms with Crippen LogP contribution in [0.2, 0.25) is 5.02 Å². The lowest BCUT2D eigenvalue weighted by atomic mass is 10.2. The molecule has 38 heavy (non-hydrogen) atoms. The molecule has 1 aliphatic heterocycles. The Morgan fingerprint density at radius 3 is 2.66 bits per heavy atom. The van der Waals surface area contributed by atoms with E-state index in [4.69, 9.17) is 21.1 Å². The number of para-hydroxylation sites is 1. The van der Waals surface area contributed by atoms with Crippen LogP contribution in [0, 0.1) is 6.92 Å². The lowest BCUT2D eigenvalue weighted by Gasteiger charge is -2.35. The second-order valence-electron chi connectivity index (χ2n) is 8.18. The first-order valence-electron chi connectivity index (χ1n) is 11.1. The van der Waals surface area contributed by atoms with Crippen molar-refractivity contribution in [2.24, 2.45) is 0 Å². The van der Waals surface area contributed by atoms with Gasteiger partial charge in [-0.05, 0) is 37.3 Å². The number of carbonyl (C=O) groups excluding carboxylic acids is 2. The fourth-order valence-corrected chi connectivity index (χ4v) is 5.52. The summed E-state index contributed by atoms with van der Waals surface area (Å²) in [6.45, 7) is -0.720. The van der Waals surface area contributed by atoms with Gasteiger partial charge in [0.2, 0.25) is 5.91 Å². The van der Waals surface area contributed by atoms with E-state index in [0.29, 0.717) is 0 Å². The molecule has 0 fully saturated rings. The molecule has 11 nitrogen and oxygen atoms in total. The van der Waals surface area contributed by atoms with Gasteiger partial charge in [-0.1, -0.05) is 23.7 Å². The maximum absolute atomic E-state index is 13.7. The second kappa shape index (κ2) is 10.8. The Morgan fingerprint density at radius 2 is 2.00 bits per heavy atom. The smallest absolute Gasteiger partial charge is 0.417 e. The molecule has 0 aliphatic carbocycles. The number of nitrogens with one attached hydrogen (secondary N) is 2. The SMILES string of the molecule is CC(=O)NC[C@H]1CN(S(=O)(=O)c2cn(C(F)F)nc2C)c2cc(NC(=O)Oc3ccccc3Cl)ccc2O1. The normalized spacial score (nSPS) is 15.0. The number of hydrogen-bond donors (Lipinski definition) is 2. The van der Waals surface area contributed by atoms with Crippen LogP contribution in [0.1, 0.15) is 19.2 Å². The van der Waals surface area contributed by atoms with Crippen LogP contribution in [0.25, 0.3) is 0 Å². The average molecular weight is 570 g/mol. The van der Waals surface area contributed by atoms with Crippen LogP contribution in [0.15, 0.2) is 53.6 Å². The van der Waals surface area contributed by atoms with Crippen molar-refractivity contribution >= 4 is 45.0 Å². The van der Waals surface area contributed by atoms with Gasteiger partial charge in [-0.25, -0.2) is 17.9 Å². The minimum Gasteiger partial charge on any atom is -0.484 e. The Hall–Kier alpha value is -3.91. The number of nitrogens with zero attached hydrogens (tertiary/aromatic N) is 3. The lowest BCUT2D eigenvalue weighted by molar-refractivity contribution is -0.119. The number of halogens is 3. The lowest BCUT2D eigenvalue weighted by Crippen LogP contribution is -2.48. The minimum atomic E-state index is -4.43. The third-order valence-corrected chi connectivity index (χ3v) is 7.59. The van der Waals surface area contributed by atoms with Gasteiger partial charge in [-0.15, -0.1) is 0 Å². The molecule has 202 valence electrons. The molecule has 3 aromatic rings. The standard InChI is InChI=1S/C23H22ClF2N5O6S/c1-13-21(12-30(29-13)22(25)26)38(34,35)31-11-16(10-27-14(2)32)36-20-8-7-15(9-18(20)31)28-23(33)37-19-6-4-3-5-17(19)24/h3-9,12,16,22H,10-11H2,1-2H3,(H,27,32)(H,28,33)/t16-/m0/s1. The van der Waals surface area contributed by atoms with E-state index in [1.807, 2.05) is 0 Å².